The van der Waals surface area contributed by atoms with E-state index in [2.05, 4.69) is 5.32 Å². The minimum Gasteiger partial charge on any atom is -0.478 e. The van der Waals surface area contributed by atoms with Crippen LogP contribution in [0.15, 0.2) is 18.2 Å². The third kappa shape index (κ3) is 2.99. The Balaban J connectivity index is 1.82. The summed E-state index contributed by atoms with van der Waals surface area (Å²) in [6, 6.07) is 4.16. The third-order valence-corrected chi connectivity index (χ3v) is 4.44. The van der Waals surface area contributed by atoms with E-state index in [4.69, 9.17) is 0 Å². The SMILES string of the molecule is O=C(O)c1cccc([N+](=O)[O-])c1NCC(C1CC1)C1CC1. The molecule has 6 heteroatoms. The van der Waals surface area contributed by atoms with Crippen molar-refractivity contribution < 1.29 is 14.8 Å². The molecule has 3 rings (SSSR count). The highest BCUT2D eigenvalue weighted by Gasteiger charge is 2.41. The Morgan fingerprint density at radius 1 is 1.33 bits per heavy atom. The Morgan fingerprint density at radius 3 is 2.43 bits per heavy atom. The maximum Gasteiger partial charge on any atom is 0.338 e. The van der Waals surface area contributed by atoms with Gasteiger partial charge in [-0.25, -0.2) is 4.79 Å². The van der Waals surface area contributed by atoms with Crippen LogP contribution in [-0.2, 0) is 0 Å². The topological polar surface area (TPSA) is 92.5 Å². The summed E-state index contributed by atoms with van der Waals surface area (Å²) in [4.78, 5) is 21.8. The number of nitrogens with one attached hydrogen (secondary N) is 1. The Hall–Kier alpha value is -2.11. The van der Waals surface area contributed by atoms with E-state index in [1.54, 1.807) is 0 Å². The van der Waals surface area contributed by atoms with Crippen molar-refractivity contribution in [3.8, 4) is 0 Å². The number of nitrogens with zero attached hydrogens (tertiary/aromatic N) is 1. The standard InChI is InChI=1S/C15H18N2O4/c18-15(19)11-2-1-3-13(17(20)21)14(11)16-8-12(9-4-5-9)10-6-7-10/h1-3,9-10,12,16H,4-8H2,(H,18,19). The van der Waals surface area contributed by atoms with Crippen LogP contribution in [0, 0.1) is 27.9 Å². The first-order valence-corrected chi connectivity index (χ1v) is 7.32. The van der Waals surface area contributed by atoms with Crippen LogP contribution in [0.4, 0.5) is 11.4 Å². The molecular formula is C15H18N2O4. The summed E-state index contributed by atoms with van der Waals surface area (Å²) in [5, 5.41) is 23.4. The van der Waals surface area contributed by atoms with Crippen molar-refractivity contribution in [2.24, 2.45) is 17.8 Å². The van der Waals surface area contributed by atoms with Gasteiger partial charge in [-0.05, 0) is 49.5 Å². The van der Waals surface area contributed by atoms with E-state index in [1.165, 1.54) is 43.9 Å². The van der Waals surface area contributed by atoms with E-state index < -0.39 is 10.9 Å². The van der Waals surface area contributed by atoms with E-state index in [9.17, 15) is 20.0 Å². The lowest BCUT2D eigenvalue weighted by atomic mass is 9.97. The number of carboxylic acids is 1. The number of hydrogen-bond acceptors (Lipinski definition) is 4. The van der Waals surface area contributed by atoms with E-state index in [-0.39, 0.29) is 16.9 Å². The number of carboxylic acid groups (broad SMARTS) is 1. The molecule has 6 nitrogen and oxygen atoms in total. The van der Waals surface area contributed by atoms with E-state index in [0.29, 0.717) is 24.3 Å². The number of para-hydroxylation sites is 1. The lowest BCUT2D eigenvalue weighted by Crippen LogP contribution is -2.20. The highest BCUT2D eigenvalue weighted by molar-refractivity contribution is 5.96. The fraction of sp³-hybridized carbons (Fsp3) is 0.533. The van der Waals surface area contributed by atoms with Crippen LogP contribution in [0.3, 0.4) is 0 Å². The molecule has 2 fully saturated rings. The van der Waals surface area contributed by atoms with Gasteiger partial charge in [0.15, 0.2) is 0 Å². The average molecular weight is 290 g/mol. The van der Waals surface area contributed by atoms with Crippen LogP contribution in [0.2, 0.25) is 0 Å². The first-order chi connectivity index (χ1) is 10.1. The Bertz CT molecular complexity index is 535. The Kier molecular flexibility index (Phi) is 3.53. The maximum absolute atomic E-state index is 11.3. The summed E-state index contributed by atoms with van der Waals surface area (Å²) < 4.78 is 0. The second kappa shape index (κ2) is 5.35. The van der Waals surface area contributed by atoms with E-state index >= 15 is 0 Å². The molecule has 0 bridgehead atoms. The lowest BCUT2D eigenvalue weighted by Gasteiger charge is -2.18. The summed E-state index contributed by atoms with van der Waals surface area (Å²) in [5.74, 6) is 0.796. The highest BCUT2D eigenvalue weighted by Crippen LogP contribution is 2.49. The van der Waals surface area contributed by atoms with Crippen molar-refractivity contribution in [2.45, 2.75) is 25.7 Å². The third-order valence-electron chi connectivity index (χ3n) is 4.44. The number of aromatic carboxylic acids is 1. The van der Waals surface area contributed by atoms with Crippen molar-refractivity contribution in [3.05, 3.63) is 33.9 Å². The summed E-state index contributed by atoms with van der Waals surface area (Å²) in [7, 11) is 0. The fourth-order valence-electron chi connectivity index (χ4n) is 3.04. The molecule has 0 saturated heterocycles. The first kappa shape index (κ1) is 13.9. The van der Waals surface area contributed by atoms with Gasteiger partial charge in [0.2, 0.25) is 0 Å². The molecule has 1 aromatic rings. The normalized spacial score (nSPS) is 17.8. The number of carbonyl (C=O) groups is 1. The van der Waals surface area contributed by atoms with Gasteiger partial charge in [-0.2, -0.15) is 0 Å². The van der Waals surface area contributed by atoms with Crippen molar-refractivity contribution in [1.82, 2.24) is 0 Å². The quantitative estimate of drug-likeness (QED) is 0.594. The number of hydrogen-bond donors (Lipinski definition) is 2. The van der Waals surface area contributed by atoms with Gasteiger partial charge in [0.05, 0.1) is 10.5 Å². The van der Waals surface area contributed by atoms with Crippen LogP contribution in [0.25, 0.3) is 0 Å². The van der Waals surface area contributed by atoms with E-state index in [0.717, 1.165) is 0 Å². The van der Waals surface area contributed by atoms with Gasteiger partial charge in [-0.3, -0.25) is 10.1 Å². The smallest absolute Gasteiger partial charge is 0.338 e. The predicted molar refractivity (Wildman–Crippen MR) is 77.5 cm³/mol. The van der Waals surface area contributed by atoms with Crippen molar-refractivity contribution in [2.75, 3.05) is 11.9 Å². The molecular weight excluding hydrogens is 272 g/mol. The Labute approximate surface area is 122 Å². The predicted octanol–water partition coefficient (Wildman–Crippen LogP) is 3.14. The number of rotatable bonds is 7. The molecule has 1 aromatic carbocycles. The highest BCUT2D eigenvalue weighted by atomic mass is 16.6. The monoisotopic (exact) mass is 290 g/mol. The van der Waals surface area contributed by atoms with Crippen molar-refractivity contribution in [3.63, 3.8) is 0 Å². The summed E-state index contributed by atoms with van der Waals surface area (Å²) in [5.41, 5.74) is -0.0592. The number of nitro benzene ring substituents is 1. The van der Waals surface area contributed by atoms with Gasteiger partial charge in [-0.15, -0.1) is 0 Å². The zero-order valence-electron chi connectivity index (χ0n) is 11.6. The van der Waals surface area contributed by atoms with Crippen LogP contribution in [0.5, 0.6) is 0 Å². The average Bonchev–Trinajstić information content (AvgIpc) is 3.32. The van der Waals surface area contributed by atoms with Gasteiger partial charge in [0.25, 0.3) is 5.69 Å². The lowest BCUT2D eigenvalue weighted by molar-refractivity contribution is -0.384. The van der Waals surface area contributed by atoms with Crippen molar-refractivity contribution in [1.29, 1.82) is 0 Å². The zero-order chi connectivity index (χ0) is 15.0. The first-order valence-electron chi connectivity index (χ1n) is 7.32. The molecule has 2 aliphatic carbocycles. The second-order valence-corrected chi connectivity index (χ2v) is 5.98. The fourth-order valence-corrected chi connectivity index (χ4v) is 3.04. The van der Waals surface area contributed by atoms with Gasteiger partial charge < -0.3 is 10.4 Å². The van der Waals surface area contributed by atoms with E-state index in [1.807, 2.05) is 0 Å². The minimum absolute atomic E-state index is 0.0328. The molecule has 21 heavy (non-hydrogen) atoms. The van der Waals surface area contributed by atoms with Crippen LogP contribution < -0.4 is 5.32 Å². The number of anilines is 1. The molecule has 0 radical (unpaired) electrons. The largest absolute Gasteiger partial charge is 0.478 e. The van der Waals surface area contributed by atoms with Gasteiger partial charge >= 0.3 is 5.97 Å². The molecule has 2 N–H and O–H groups in total. The number of nitro groups is 1. The summed E-state index contributed by atoms with van der Waals surface area (Å²) >= 11 is 0. The van der Waals surface area contributed by atoms with Crippen LogP contribution in [-0.4, -0.2) is 22.5 Å². The molecule has 2 aliphatic rings. The molecule has 0 atom stereocenters. The molecule has 0 aromatic heterocycles. The van der Waals surface area contributed by atoms with Crippen LogP contribution >= 0.6 is 0 Å². The van der Waals surface area contributed by atoms with Gasteiger partial charge in [0.1, 0.15) is 5.69 Å². The molecule has 0 amide bonds. The van der Waals surface area contributed by atoms with Gasteiger partial charge in [-0.1, -0.05) is 6.07 Å². The summed E-state index contributed by atoms with van der Waals surface area (Å²) in [6.07, 6.45) is 4.91. The zero-order valence-corrected chi connectivity index (χ0v) is 11.6. The molecule has 112 valence electrons. The molecule has 0 aliphatic heterocycles. The number of benzene rings is 1. The minimum atomic E-state index is -1.14. The molecule has 0 unspecified atom stereocenters. The molecule has 0 heterocycles. The molecule has 2 saturated carbocycles. The second-order valence-electron chi connectivity index (χ2n) is 5.98. The van der Waals surface area contributed by atoms with Crippen molar-refractivity contribution >= 4 is 17.3 Å². The Morgan fingerprint density at radius 2 is 1.95 bits per heavy atom. The molecule has 0 spiro atoms. The van der Waals surface area contributed by atoms with Crippen LogP contribution in [0.1, 0.15) is 36.0 Å². The van der Waals surface area contributed by atoms with Gasteiger partial charge in [0, 0.05) is 12.6 Å². The summed E-state index contributed by atoms with van der Waals surface area (Å²) in [6.45, 7) is 0.625. The maximum atomic E-state index is 11.3.